The van der Waals surface area contributed by atoms with Crippen molar-refractivity contribution in [3.63, 3.8) is 0 Å². The fourth-order valence-electron chi connectivity index (χ4n) is 1.87. The van der Waals surface area contributed by atoms with Crippen LogP contribution in [0, 0.1) is 5.41 Å². The smallest absolute Gasteiger partial charge is 0.323 e. The Kier molecular flexibility index (Phi) is 9.05. The molecule has 20 heavy (non-hydrogen) atoms. The van der Waals surface area contributed by atoms with Gasteiger partial charge < -0.3 is 9.90 Å². The summed E-state index contributed by atoms with van der Waals surface area (Å²) in [5.74, 6) is -2.36. The average Bonchev–Trinajstić information content (AvgIpc) is 2.44. The van der Waals surface area contributed by atoms with E-state index in [-0.39, 0.29) is 12.7 Å². The average molecular weight is 304 g/mol. The minimum Gasteiger partial charge on any atom is -0.480 e. The summed E-state index contributed by atoms with van der Waals surface area (Å²) < 4.78 is 0. The summed E-state index contributed by atoms with van der Waals surface area (Å²) in [5, 5.41) is 6.86. The van der Waals surface area contributed by atoms with Crippen LogP contribution in [0.1, 0.15) is 51.9 Å². The van der Waals surface area contributed by atoms with E-state index in [1.54, 1.807) is 0 Å². The fourth-order valence-corrected chi connectivity index (χ4v) is 2.08. The SMILES string of the molecule is CCCCCCCCC(=O)C([C]=O)(C=O)C(Cl)C(=O)O. The Morgan fingerprint density at radius 1 is 1.25 bits per heavy atom. The van der Waals surface area contributed by atoms with Crippen LogP contribution in [0.2, 0.25) is 0 Å². The Balaban J connectivity index is 4.48. The van der Waals surface area contributed by atoms with E-state index in [0.717, 1.165) is 32.1 Å². The standard InChI is InChI=1S/C14H20ClO5/c1-2-3-4-5-6-7-8-11(18)14(9-16,10-17)12(15)13(19)20/h9,12H,2-8H2,1H3,(H,19,20). The molecule has 1 N–H and O–H groups in total. The van der Waals surface area contributed by atoms with Gasteiger partial charge in [0.1, 0.15) is 6.29 Å². The molecule has 0 aliphatic rings. The van der Waals surface area contributed by atoms with Crippen LogP contribution in [0.3, 0.4) is 0 Å². The molecule has 0 saturated heterocycles. The molecule has 0 aromatic carbocycles. The second kappa shape index (κ2) is 9.64. The van der Waals surface area contributed by atoms with Gasteiger partial charge in [-0.1, -0.05) is 39.0 Å². The highest BCUT2D eigenvalue weighted by Gasteiger charge is 2.49. The van der Waals surface area contributed by atoms with Gasteiger partial charge in [0.2, 0.25) is 6.29 Å². The van der Waals surface area contributed by atoms with Crippen molar-refractivity contribution in [1.29, 1.82) is 0 Å². The number of carbonyl (C=O) groups excluding carboxylic acids is 3. The van der Waals surface area contributed by atoms with Crippen molar-refractivity contribution in [3.05, 3.63) is 0 Å². The molecular formula is C14H20ClO5. The topological polar surface area (TPSA) is 88.5 Å². The molecule has 0 rings (SSSR count). The van der Waals surface area contributed by atoms with Gasteiger partial charge in [0, 0.05) is 6.42 Å². The number of hydrogen-bond donors (Lipinski definition) is 1. The van der Waals surface area contributed by atoms with E-state index in [2.05, 4.69) is 6.92 Å². The van der Waals surface area contributed by atoms with Gasteiger partial charge in [-0.3, -0.25) is 14.4 Å². The van der Waals surface area contributed by atoms with Gasteiger partial charge in [0.05, 0.1) is 0 Å². The molecule has 0 aliphatic heterocycles. The van der Waals surface area contributed by atoms with Gasteiger partial charge in [-0.2, -0.15) is 0 Å². The van der Waals surface area contributed by atoms with Gasteiger partial charge in [-0.05, 0) is 6.42 Å². The number of aliphatic carboxylic acids is 1. The molecule has 0 spiro atoms. The van der Waals surface area contributed by atoms with Crippen molar-refractivity contribution in [3.8, 4) is 0 Å². The summed E-state index contributed by atoms with van der Waals surface area (Å²) in [6, 6.07) is 0. The summed E-state index contributed by atoms with van der Waals surface area (Å²) in [4.78, 5) is 44.6. The van der Waals surface area contributed by atoms with E-state index in [1.807, 2.05) is 0 Å². The normalized spacial score (nSPS) is 12.7. The minimum absolute atomic E-state index is 0.00873. The number of carboxylic acids is 1. The van der Waals surface area contributed by atoms with Gasteiger partial charge in [0.25, 0.3) is 0 Å². The molecule has 0 aromatic heterocycles. The first kappa shape index (κ1) is 18.8. The van der Waals surface area contributed by atoms with E-state index in [0.29, 0.717) is 6.42 Å². The van der Waals surface area contributed by atoms with Gasteiger partial charge in [-0.15, -0.1) is 11.6 Å². The van der Waals surface area contributed by atoms with E-state index >= 15 is 0 Å². The van der Waals surface area contributed by atoms with Crippen LogP contribution in [0.4, 0.5) is 0 Å². The lowest BCUT2D eigenvalue weighted by molar-refractivity contribution is -0.143. The van der Waals surface area contributed by atoms with E-state index in [4.69, 9.17) is 16.7 Å². The van der Waals surface area contributed by atoms with Crippen molar-refractivity contribution in [2.75, 3.05) is 0 Å². The first-order chi connectivity index (χ1) is 9.46. The van der Waals surface area contributed by atoms with Crippen LogP contribution >= 0.6 is 11.6 Å². The highest BCUT2D eigenvalue weighted by molar-refractivity contribution is 6.36. The van der Waals surface area contributed by atoms with Crippen LogP contribution < -0.4 is 0 Å². The first-order valence-electron chi connectivity index (χ1n) is 6.72. The molecule has 2 unspecified atom stereocenters. The summed E-state index contributed by atoms with van der Waals surface area (Å²) in [5.41, 5.74) is -2.39. The Morgan fingerprint density at radius 3 is 2.25 bits per heavy atom. The number of unbranched alkanes of at least 4 members (excludes halogenated alkanes) is 5. The number of aldehydes is 1. The van der Waals surface area contributed by atoms with Gasteiger partial charge >= 0.3 is 5.97 Å². The first-order valence-corrected chi connectivity index (χ1v) is 7.15. The molecule has 0 amide bonds. The summed E-state index contributed by atoms with van der Waals surface area (Å²) >= 11 is 5.50. The number of carbonyl (C=O) groups is 3. The maximum Gasteiger partial charge on any atom is 0.323 e. The van der Waals surface area contributed by atoms with Gasteiger partial charge in [-0.25, -0.2) is 0 Å². The van der Waals surface area contributed by atoms with Crippen molar-refractivity contribution in [1.82, 2.24) is 0 Å². The lowest BCUT2D eigenvalue weighted by Gasteiger charge is -2.21. The van der Waals surface area contributed by atoms with Crippen molar-refractivity contribution in [2.24, 2.45) is 5.41 Å². The highest BCUT2D eigenvalue weighted by atomic mass is 35.5. The van der Waals surface area contributed by atoms with Crippen LogP contribution in [0.15, 0.2) is 0 Å². The predicted molar refractivity (Wildman–Crippen MR) is 74.5 cm³/mol. The summed E-state index contributed by atoms with van der Waals surface area (Å²) in [7, 11) is 0. The Morgan fingerprint density at radius 2 is 1.80 bits per heavy atom. The largest absolute Gasteiger partial charge is 0.480 e. The third-order valence-corrected chi connectivity index (χ3v) is 3.72. The zero-order valence-electron chi connectivity index (χ0n) is 11.6. The lowest BCUT2D eigenvalue weighted by atomic mass is 9.80. The summed E-state index contributed by atoms with van der Waals surface area (Å²) in [6.07, 6.45) is 6.73. The second-order valence-electron chi connectivity index (χ2n) is 4.73. The molecule has 0 heterocycles. The molecule has 5 nitrogen and oxygen atoms in total. The van der Waals surface area contributed by atoms with Crippen LogP contribution in [-0.2, 0) is 19.2 Å². The molecule has 6 heteroatoms. The van der Waals surface area contributed by atoms with Crippen LogP contribution in [-0.4, -0.2) is 34.8 Å². The molecular weight excluding hydrogens is 284 g/mol. The number of hydrogen-bond acceptors (Lipinski definition) is 4. The molecule has 0 fully saturated rings. The number of alkyl halides is 1. The van der Waals surface area contributed by atoms with E-state index < -0.39 is 22.5 Å². The number of Topliss-reactive ketones (excluding diaryl/α,β-unsaturated/α-hetero) is 1. The molecule has 1 radical (unpaired) electrons. The van der Waals surface area contributed by atoms with Crippen LogP contribution in [0.5, 0.6) is 0 Å². The van der Waals surface area contributed by atoms with Crippen molar-refractivity contribution < 1.29 is 24.3 Å². The Hall–Kier alpha value is -1.23. The second-order valence-corrected chi connectivity index (χ2v) is 5.17. The van der Waals surface area contributed by atoms with Crippen molar-refractivity contribution >= 4 is 35.9 Å². The maximum absolute atomic E-state index is 11.9. The van der Waals surface area contributed by atoms with Crippen molar-refractivity contribution in [2.45, 2.75) is 57.2 Å². The third-order valence-electron chi connectivity index (χ3n) is 3.19. The molecule has 2 atom stereocenters. The third kappa shape index (κ3) is 5.04. The number of rotatable bonds is 12. The number of carboxylic acid groups (broad SMARTS) is 1. The quantitative estimate of drug-likeness (QED) is 0.259. The summed E-state index contributed by atoms with van der Waals surface area (Å²) in [6.45, 7) is 2.09. The fraction of sp³-hybridized carbons (Fsp3) is 0.714. The zero-order chi connectivity index (χ0) is 15.6. The molecule has 0 bridgehead atoms. The Bertz CT molecular complexity index is 345. The minimum atomic E-state index is -2.39. The molecule has 0 aromatic rings. The molecule has 0 aliphatic carbocycles. The zero-order valence-corrected chi connectivity index (χ0v) is 12.3. The number of ketones is 1. The monoisotopic (exact) mass is 303 g/mol. The van der Waals surface area contributed by atoms with E-state index in [9.17, 15) is 19.2 Å². The highest BCUT2D eigenvalue weighted by Crippen LogP contribution is 2.26. The van der Waals surface area contributed by atoms with E-state index in [1.165, 1.54) is 6.29 Å². The van der Waals surface area contributed by atoms with Gasteiger partial charge in [0.15, 0.2) is 16.6 Å². The predicted octanol–water partition coefficient (Wildman–Crippen LogP) is 2.29. The lowest BCUT2D eigenvalue weighted by Crippen LogP contribution is -2.46. The molecule has 113 valence electrons. The number of halogens is 1. The van der Waals surface area contributed by atoms with Crippen LogP contribution in [0.25, 0.3) is 0 Å². The maximum atomic E-state index is 11.9. The molecule has 0 saturated carbocycles. The Labute approximate surface area is 123 Å².